The minimum absolute atomic E-state index is 0.170. The Kier molecular flexibility index (Phi) is 5.53. The normalized spacial score (nSPS) is 14.2. The van der Waals surface area contributed by atoms with Gasteiger partial charge in [-0.1, -0.05) is 35.5 Å². The van der Waals surface area contributed by atoms with Crippen LogP contribution in [0.4, 0.5) is 5.82 Å². The third-order valence-corrected chi connectivity index (χ3v) is 5.44. The Labute approximate surface area is 167 Å². The topological polar surface area (TPSA) is 73.6 Å². The van der Waals surface area contributed by atoms with Gasteiger partial charge in [-0.25, -0.2) is 0 Å². The summed E-state index contributed by atoms with van der Waals surface area (Å²) in [5.41, 5.74) is 0.900. The predicted molar refractivity (Wildman–Crippen MR) is 107 cm³/mol. The fourth-order valence-electron chi connectivity index (χ4n) is 2.87. The SMILES string of the molecule is Cc1cc(NC(=O)C(Sc2ccc3c(c2)OCCCO3)c2ccccc2)no1. The minimum atomic E-state index is -0.456. The fraction of sp³-hybridized carbons (Fsp3) is 0.238. The summed E-state index contributed by atoms with van der Waals surface area (Å²) in [6.07, 6.45) is 0.851. The number of aryl methyl sites for hydroxylation is 1. The third kappa shape index (κ3) is 4.31. The van der Waals surface area contributed by atoms with E-state index in [0.717, 1.165) is 22.6 Å². The molecule has 1 amide bonds. The van der Waals surface area contributed by atoms with Crippen LogP contribution in [0.1, 0.15) is 23.0 Å². The number of anilines is 1. The molecular formula is C21H20N2O4S. The number of rotatable bonds is 5. The van der Waals surface area contributed by atoms with Crippen LogP contribution in [0.5, 0.6) is 11.5 Å². The average molecular weight is 396 g/mol. The lowest BCUT2D eigenvalue weighted by Crippen LogP contribution is -2.19. The van der Waals surface area contributed by atoms with Gasteiger partial charge in [-0.2, -0.15) is 0 Å². The standard InChI is InChI=1S/C21H20N2O4S/c1-14-12-19(23-27-14)22-21(24)20(15-6-3-2-4-7-15)28-16-8-9-17-18(13-16)26-11-5-10-25-17/h2-4,6-9,12-13,20H,5,10-11H2,1H3,(H,22,23,24). The highest BCUT2D eigenvalue weighted by Crippen LogP contribution is 2.40. The van der Waals surface area contributed by atoms with Crippen LogP contribution in [-0.2, 0) is 4.79 Å². The second kappa shape index (κ2) is 8.39. The van der Waals surface area contributed by atoms with Crippen LogP contribution in [0.3, 0.4) is 0 Å². The lowest BCUT2D eigenvalue weighted by Gasteiger charge is -2.17. The van der Waals surface area contributed by atoms with Crippen molar-refractivity contribution in [3.8, 4) is 11.5 Å². The van der Waals surface area contributed by atoms with Crippen molar-refractivity contribution in [2.45, 2.75) is 23.5 Å². The fourth-order valence-corrected chi connectivity index (χ4v) is 3.92. The molecule has 0 saturated heterocycles. The van der Waals surface area contributed by atoms with Crippen molar-refractivity contribution in [2.75, 3.05) is 18.5 Å². The Balaban J connectivity index is 1.59. The van der Waals surface area contributed by atoms with E-state index in [4.69, 9.17) is 14.0 Å². The van der Waals surface area contributed by atoms with Crippen LogP contribution in [0, 0.1) is 6.92 Å². The van der Waals surface area contributed by atoms with Gasteiger partial charge in [0.05, 0.1) is 13.2 Å². The molecule has 6 nitrogen and oxygen atoms in total. The molecule has 0 saturated carbocycles. The first-order valence-corrected chi connectivity index (χ1v) is 9.92. The molecular weight excluding hydrogens is 376 g/mol. The minimum Gasteiger partial charge on any atom is -0.490 e. The number of hydrogen-bond acceptors (Lipinski definition) is 6. The van der Waals surface area contributed by atoms with Gasteiger partial charge in [0, 0.05) is 17.4 Å². The van der Waals surface area contributed by atoms with Gasteiger partial charge in [-0.15, -0.1) is 11.8 Å². The van der Waals surface area contributed by atoms with Crippen molar-refractivity contribution in [1.29, 1.82) is 0 Å². The number of aromatic nitrogens is 1. The van der Waals surface area contributed by atoms with Crippen LogP contribution in [0.2, 0.25) is 0 Å². The molecule has 1 atom stereocenters. The van der Waals surface area contributed by atoms with E-state index in [0.29, 0.717) is 30.5 Å². The Morgan fingerprint density at radius 3 is 2.61 bits per heavy atom. The maximum atomic E-state index is 13.0. The van der Waals surface area contributed by atoms with Gasteiger partial charge in [0.2, 0.25) is 5.91 Å². The van der Waals surface area contributed by atoms with E-state index in [2.05, 4.69) is 10.5 Å². The molecule has 7 heteroatoms. The number of fused-ring (bicyclic) bond motifs is 1. The first-order chi connectivity index (χ1) is 13.7. The number of ether oxygens (including phenoxy) is 2. The summed E-state index contributed by atoms with van der Waals surface area (Å²) >= 11 is 1.45. The number of hydrogen-bond donors (Lipinski definition) is 1. The highest BCUT2D eigenvalue weighted by molar-refractivity contribution is 8.00. The summed E-state index contributed by atoms with van der Waals surface area (Å²) in [5.74, 6) is 2.32. The van der Waals surface area contributed by atoms with Crippen LogP contribution < -0.4 is 14.8 Å². The molecule has 28 heavy (non-hydrogen) atoms. The first kappa shape index (κ1) is 18.4. The highest BCUT2D eigenvalue weighted by atomic mass is 32.2. The van der Waals surface area contributed by atoms with Gasteiger partial charge in [0.1, 0.15) is 11.0 Å². The average Bonchev–Trinajstić information content (AvgIpc) is 2.98. The Hall–Kier alpha value is -2.93. The molecule has 0 aliphatic carbocycles. The van der Waals surface area contributed by atoms with Crippen LogP contribution in [0.25, 0.3) is 0 Å². The molecule has 2 aromatic carbocycles. The molecule has 3 aromatic rings. The van der Waals surface area contributed by atoms with Crippen molar-refractivity contribution in [3.63, 3.8) is 0 Å². The zero-order valence-corrected chi connectivity index (χ0v) is 16.2. The van der Waals surface area contributed by atoms with Crippen LogP contribution >= 0.6 is 11.8 Å². The zero-order chi connectivity index (χ0) is 19.3. The molecule has 1 aliphatic heterocycles. The van der Waals surface area contributed by atoms with E-state index in [1.54, 1.807) is 13.0 Å². The van der Waals surface area contributed by atoms with Crippen LogP contribution in [-0.4, -0.2) is 24.3 Å². The Morgan fingerprint density at radius 2 is 1.86 bits per heavy atom. The number of carbonyl (C=O) groups is 1. The smallest absolute Gasteiger partial charge is 0.243 e. The molecule has 0 spiro atoms. The summed E-state index contributed by atoms with van der Waals surface area (Å²) in [6, 6.07) is 17.1. The molecule has 4 rings (SSSR count). The predicted octanol–water partition coefficient (Wildman–Crippen LogP) is 4.62. The highest BCUT2D eigenvalue weighted by Gasteiger charge is 2.24. The van der Waals surface area contributed by atoms with Crippen molar-refractivity contribution in [3.05, 3.63) is 65.9 Å². The molecule has 1 aromatic heterocycles. The third-order valence-electron chi connectivity index (χ3n) is 4.19. The molecule has 0 fully saturated rings. The molecule has 0 bridgehead atoms. The largest absolute Gasteiger partial charge is 0.490 e. The van der Waals surface area contributed by atoms with E-state index in [1.165, 1.54) is 11.8 Å². The molecule has 1 N–H and O–H groups in total. The lowest BCUT2D eigenvalue weighted by atomic mass is 10.1. The zero-order valence-electron chi connectivity index (χ0n) is 15.4. The van der Waals surface area contributed by atoms with E-state index >= 15 is 0 Å². The molecule has 1 aliphatic rings. The lowest BCUT2D eigenvalue weighted by molar-refractivity contribution is -0.115. The number of nitrogens with one attached hydrogen (secondary N) is 1. The number of benzene rings is 2. The van der Waals surface area contributed by atoms with E-state index < -0.39 is 5.25 Å². The molecule has 1 unspecified atom stereocenters. The van der Waals surface area contributed by atoms with Gasteiger partial charge in [-0.3, -0.25) is 4.79 Å². The van der Waals surface area contributed by atoms with Crippen molar-refractivity contribution >= 4 is 23.5 Å². The van der Waals surface area contributed by atoms with E-state index in [1.807, 2.05) is 48.5 Å². The maximum Gasteiger partial charge on any atom is 0.243 e. The second-order valence-corrected chi connectivity index (χ2v) is 7.56. The van der Waals surface area contributed by atoms with Gasteiger partial charge < -0.3 is 19.3 Å². The monoisotopic (exact) mass is 396 g/mol. The second-order valence-electron chi connectivity index (χ2n) is 6.38. The van der Waals surface area contributed by atoms with Crippen molar-refractivity contribution in [1.82, 2.24) is 5.16 Å². The van der Waals surface area contributed by atoms with E-state index in [9.17, 15) is 4.79 Å². The maximum absolute atomic E-state index is 13.0. The van der Waals surface area contributed by atoms with Crippen LogP contribution in [0.15, 0.2) is 64.0 Å². The first-order valence-electron chi connectivity index (χ1n) is 9.04. The molecule has 144 valence electrons. The number of nitrogens with zero attached hydrogens (tertiary/aromatic N) is 1. The molecule has 0 radical (unpaired) electrons. The van der Waals surface area contributed by atoms with Gasteiger partial charge >= 0.3 is 0 Å². The van der Waals surface area contributed by atoms with E-state index in [-0.39, 0.29) is 5.91 Å². The van der Waals surface area contributed by atoms with Crippen molar-refractivity contribution in [2.24, 2.45) is 0 Å². The van der Waals surface area contributed by atoms with Gasteiger partial charge in [0.15, 0.2) is 17.3 Å². The quantitative estimate of drug-likeness (QED) is 0.635. The number of thioether (sulfide) groups is 1. The summed E-state index contributed by atoms with van der Waals surface area (Å²) in [6.45, 7) is 3.05. The van der Waals surface area contributed by atoms with Gasteiger partial charge in [0.25, 0.3) is 0 Å². The molecule has 2 heterocycles. The summed E-state index contributed by atoms with van der Waals surface area (Å²) in [4.78, 5) is 13.9. The van der Waals surface area contributed by atoms with Gasteiger partial charge in [-0.05, 0) is 30.7 Å². The number of carbonyl (C=O) groups excluding carboxylic acids is 1. The Morgan fingerprint density at radius 1 is 1.07 bits per heavy atom. The summed E-state index contributed by atoms with van der Waals surface area (Å²) in [5, 5.41) is 6.23. The Bertz CT molecular complexity index is 958. The summed E-state index contributed by atoms with van der Waals surface area (Å²) in [7, 11) is 0. The number of amides is 1. The van der Waals surface area contributed by atoms with Crippen molar-refractivity contribution < 1.29 is 18.8 Å². The summed E-state index contributed by atoms with van der Waals surface area (Å²) < 4.78 is 16.5.